The molecule has 0 radical (unpaired) electrons. The van der Waals surface area contributed by atoms with E-state index >= 15 is 0 Å². The van der Waals surface area contributed by atoms with Crippen LogP contribution in [0.5, 0.6) is 0 Å². The molecule has 0 saturated carbocycles. The van der Waals surface area contributed by atoms with Gasteiger partial charge < -0.3 is 10.6 Å². The summed E-state index contributed by atoms with van der Waals surface area (Å²) in [5.74, 6) is 0.158. The molecule has 1 aromatic heterocycles. The Balaban J connectivity index is 1.69. The Morgan fingerprint density at radius 2 is 1.75 bits per heavy atom. The van der Waals surface area contributed by atoms with Gasteiger partial charge in [-0.25, -0.2) is 0 Å². The van der Waals surface area contributed by atoms with E-state index in [-0.39, 0.29) is 17.2 Å². The van der Waals surface area contributed by atoms with Gasteiger partial charge in [0.05, 0.1) is 5.56 Å². The highest BCUT2D eigenvalue weighted by atomic mass is 79.9. The Morgan fingerprint density at radius 1 is 1.00 bits per heavy atom. The van der Waals surface area contributed by atoms with E-state index in [0.29, 0.717) is 22.0 Å². The zero-order valence-electron chi connectivity index (χ0n) is 18.5. The van der Waals surface area contributed by atoms with Crippen LogP contribution in [-0.2, 0) is 12.8 Å². The number of carbonyl (C=O) groups is 2. The van der Waals surface area contributed by atoms with Gasteiger partial charge in [0.15, 0.2) is 0 Å². The van der Waals surface area contributed by atoms with Crippen LogP contribution in [0.15, 0.2) is 59.1 Å². The molecule has 1 unspecified atom stereocenters. The maximum Gasteiger partial charge on any atom is 0.258 e. The molecule has 2 N–H and O–H groups in total. The lowest BCUT2D eigenvalue weighted by Gasteiger charge is -2.33. The van der Waals surface area contributed by atoms with Gasteiger partial charge in [-0.05, 0) is 66.5 Å². The summed E-state index contributed by atoms with van der Waals surface area (Å²) in [5.41, 5.74) is 3.17. The van der Waals surface area contributed by atoms with Gasteiger partial charge in [0.25, 0.3) is 11.8 Å². The van der Waals surface area contributed by atoms with Gasteiger partial charge in [0.1, 0.15) is 5.00 Å². The minimum absolute atomic E-state index is 0.174. The van der Waals surface area contributed by atoms with Crippen molar-refractivity contribution in [2.24, 2.45) is 11.3 Å². The van der Waals surface area contributed by atoms with Gasteiger partial charge in [-0.2, -0.15) is 0 Å². The van der Waals surface area contributed by atoms with Crippen molar-refractivity contribution in [2.75, 3.05) is 10.6 Å². The lowest BCUT2D eigenvalue weighted by atomic mass is 9.72. The predicted molar refractivity (Wildman–Crippen MR) is 136 cm³/mol. The van der Waals surface area contributed by atoms with Gasteiger partial charge in [-0.15, -0.1) is 11.3 Å². The standard InChI is InChI=1S/C26H27BrN2O2S/c1-26(2,3)17-12-13-20-21(15-17)32-25(29-23(30)16-8-7-9-18(27)14-16)22(20)24(31)28-19-10-5-4-6-11-19/h4-11,14,17H,12-13,15H2,1-3H3,(H,28,31)(H,29,30). The van der Waals surface area contributed by atoms with Crippen LogP contribution in [0.4, 0.5) is 10.7 Å². The lowest BCUT2D eigenvalue weighted by Crippen LogP contribution is -2.27. The molecule has 0 spiro atoms. The van der Waals surface area contributed by atoms with Crippen molar-refractivity contribution in [1.82, 2.24) is 0 Å². The number of hydrogen-bond acceptors (Lipinski definition) is 3. The predicted octanol–water partition coefficient (Wildman–Crippen LogP) is 7.17. The van der Waals surface area contributed by atoms with Crippen LogP contribution in [-0.4, -0.2) is 11.8 Å². The van der Waals surface area contributed by atoms with Crippen molar-refractivity contribution in [1.29, 1.82) is 0 Å². The van der Waals surface area contributed by atoms with E-state index < -0.39 is 0 Å². The number of nitrogens with one attached hydrogen (secondary N) is 2. The van der Waals surface area contributed by atoms with E-state index in [1.54, 1.807) is 23.5 Å². The second-order valence-corrected chi connectivity index (χ2v) is 11.3. The second-order valence-electron chi connectivity index (χ2n) is 9.30. The largest absolute Gasteiger partial charge is 0.322 e. The topological polar surface area (TPSA) is 58.2 Å². The molecular formula is C26H27BrN2O2S. The molecule has 0 saturated heterocycles. The summed E-state index contributed by atoms with van der Waals surface area (Å²) >= 11 is 4.96. The molecule has 4 nitrogen and oxygen atoms in total. The molecular weight excluding hydrogens is 484 g/mol. The second kappa shape index (κ2) is 9.20. The fourth-order valence-electron chi connectivity index (χ4n) is 4.17. The minimum Gasteiger partial charge on any atom is -0.322 e. The molecule has 2 amide bonds. The van der Waals surface area contributed by atoms with E-state index in [2.05, 4.69) is 47.3 Å². The molecule has 1 atom stereocenters. The van der Waals surface area contributed by atoms with Crippen molar-refractivity contribution < 1.29 is 9.59 Å². The van der Waals surface area contributed by atoms with E-state index in [9.17, 15) is 9.59 Å². The van der Waals surface area contributed by atoms with Gasteiger partial charge in [-0.3, -0.25) is 9.59 Å². The summed E-state index contributed by atoms with van der Waals surface area (Å²) in [7, 11) is 0. The Kier molecular flexibility index (Phi) is 6.54. The number of thiophene rings is 1. The molecule has 3 aromatic rings. The van der Waals surface area contributed by atoms with E-state index in [1.165, 1.54) is 4.88 Å². The van der Waals surface area contributed by atoms with Crippen molar-refractivity contribution in [3.63, 3.8) is 0 Å². The number of benzene rings is 2. The summed E-state index contributed by atoms with van der Waals surface area (Å²) in [6.45, 7) is 6.82. The van der Waals surface area contributed by atoms with Crippen LogP contribution in [0.25, 0.3) is 0 Å². The molecule has 0 aliphatic heterocycles. The zero-order chi connectivity index (χ0) is 22.9. The van der Waals surface area contributed by atoms with Gasteiger partial charge in [-0.1, -0.05) is 61.0 Å². The maximum atomic E-state index is 13.4. The van der Waals surface area contributed by atoms with Crippen LogP contribution in [0.3, 0.4) is 0 Å². The van der Waals surface area contributed by atoms with Crippen LogP contribution in [0.2, 0.25) is 0 Å². The Bertz CT molecular complexity index is 1150. The normalized spacial score (nSPS) is 15.7. The SMILES string of the molecule is CC(C)(C)C1CCc2c(sc(NC(=O)c3cccc(Br)c3)c2C(=O)Nc2ccccc2)C1. The fraction of sp³-hybridized carbons (Fsp3) is 0.308. The maximum absolute atomic E-state index is 13.4. The quantitative estimate of drug-likeness (QED) is 0.390. The van der Waals surface area contributed by atoms with Crippen LogP contribution >= 0.6 is 27.3 Å². The van der Waals surface area contributed by atoms with Gasteiger partial charge in [0.2, 0.25) is 0 Å². The summed E-state index contributed by atoms with van der Waals surface area (Å²) in [5, 5.41) is 6.66. The third-order valence-corrected chi connectivity index (χ3v) is 7.73. The molecule has 0 bridgehead atoms. The molecule has 1 aliphatic carbocycles. The minimum atomic E-state index is -0.217. The van der Waals surface area contributed by atoms with Crippen molar-refractivity contribution in [3.8, 4) is 0 Å². The molecule has 1 heterocycles. The van der Waals surface area contributed by atoms with E-state index in [4.69, 9.17) is 0 Å². The number of hydrogen-bond donors (Lipinski definition) is 2. The monoisotopic (exact) mass is 510 g/mol. The van der Waals surface area contributed by atoms with Crippen molar-refractivity contribution in [2.45, 2.75) is 40.0 Å². The number of para-hydroxylation sites is 1. The number of amides is 2. The number of anilines is 2. The number of rotatable bonds is 4. The molecule has 2 aromatic carbocycles. The first-order chi connectivity index (χ1) is 15.2. The van der Waals surface area contributed by atoms with E-state index in [0.717, 1.165) is 35.0 Å². The molecule has 6 heteroatoms. The van der Waals surface area contributed by atoms with Crippen LogP contribution < -0.4 is 10.6 Å². The van der Waals surface area contributed by atoms with Crippen LogP contribution in [0, 0.1) is 11.3 Å². The molecule has 1 aliphatic rings. The van der Waals surface area contributed by atoms with Gasteiger partial charge in [0, 0.05) is 20.6 Å². The molecule has 166 valence electrons. The highest BCUT2D eigenvalue weighted by Gasteiger charge is 2.34. The van der Waals surface area contributed by atoms with Crippen molar-refractivity contribution in [3.05, 3.63) is 80.6 Å². The summed E-state index contributed by atoms with van der Waals surface area (Å²) in [4.78, 5) is 27.5. The summed E-state index contributed by atoms with van der Waals surface area (Å²) in [6, 6.07) is 16.7. The molecule has 32 heavy (non-hydrogen) atoms. The smallest absolute Gasteiger partial charge is 0.258 e. The zero-order valence-corrected chi connectivity index (χ0v) is 20.9. The first kappa shape index (κ1) is 22.7. The lowest BCUT2D eigenvalue weighted by molar-refractivity contribution is 0.102. The van der Waals surface area contributed by atoms with Crippen molar-refractivity contribution >= 4 is 49.8 Å². The van der Waals surface area contributed by atoms with Crippen LogP contribution in [0.1, 0.15) is 58.3 Å². The van der Waals surface area contributed by atoms with Gasteiger partial charge >= 0.3 is 0 Å². The Hall–Kier alpha value is -2.44. The number of halogens is 1. The third kappa shape index (κ3) is 4.97. The summed E-state index contributed by atoms with van der Waals surface area (Å²) in [6.07, 6.45) is 2.82. The average Bonchev–Trinajstić information content (AvgIpc) is 3.11. The summed E-state index contributed by atoms with van der Waals surface area (Å²) < 4.78 is 0.839. The highest BCUT2D eigenvalue weighted by molar-refractivity contribution is 9.10. The molecule has 4 rings (SSSR count). The number of fused-ring (bicyclic) bond motifs is 1. The average molecular weight is 511 g/mol. The first-order valence-corrected chi connectivity index (χ1v) is 12.4. The highest BCUT2D eigenvalue weighted by Crippen LogP contribution is 2.44. The molecule has 0 fully saturated rings. The fourth-order valence-corrected chi connectivity index (χ4v) is 5.89. The Morgan fingerprint density at radius 3 is 2.44 bits per heavy atom. The van der Waals surface area contributed by atoms with E-state index in [1.807, 2.05) is 42.5 Å². The Labute approximate surface area is 201 Å². The third-order valence-electron chi connectivity index (χ3n) is 6.06. The number of carbonyl (C=O) groups excluding carboxylic acids is 2. The first-order valence-electron chi connectivity index (χ1n) is 10.8.